The largest absolute Gasteiger partial charge is 0.334 e. The van der Waals surface area contributed by atoms with Crippen molar-refractivity contribution < 1.29 is 4.79 Å². The van der Waals surface area contributed by atoms with Crippen LogP contribution >= 0.6 is 0 Å². The lowest BCUT2D eigenvalue weighted by Crippen LogP contribution is -2.47. The van der Waals surface area contributed by atoms with E-state index in [1.807, 2.05) is 41.9 Å². The molecule has 1 aromatic carbocycles. The van der Waals surface area contributed by atoms with E-state index in [4.69, 9.17) is 0 Å². The monoisotopic (exact) mass is 338 g/mol. The molecule has 2 saturated heterocycles. The number of hydrogen-bond donors (Lipinski definition) is 0. The zero-order chi connectivity index (χ0) is 17.4. The van der Waals surface area contributed by atoms with Gasteiger partial charge in [0.15, 0.2) is 0 Å². The van der Waals surface area contributed by atoms with Crippen molar-refractivity contribution >= 4 is 5.91 Å². The summed E-state index contributed by atoms with van der Waals surface area (Å²) in [6.45, 7) is 4.06. The summed E-state index contributed by atoms with van der Waals surface area (Å²) in [6.07, 6.45) is 6.50. The summed E-state index contributed by atoms with van der Waals surface area (Å²) in [7, 11) is 2.19. The summed E-state index contributed by atoms with van der Waals surface area (Å²) in [6, 6.07) is 10.7. The predicted octanol–water partition coefficient (Wildman–Crippen LogP) is 2.88. The zero-order valence-corrected chi connectivity index (χ0v) is 15.1. The van der Waals surface area contributed by atoms with Crippen LogP contribution in [0.25, 0.3) is 5.69 Å². The van der Waals surface area contributed by atoms with E-state index < -0.39 is 0 Å². The van der Waals surface area contributed by atoms with Crippen molar-refractivity contribution in [3.8, 4) is 5.69 Å². The van der Waals surface area contributed by atoms with Gasteiger partial charge in [0.25, 0.3) is 5.91 Å². The number of amides is 1. The van der Waals surface area contributed by atoms with Gasteiger partial charge in [0.1, 0.15) is 0 Å². The molecule has 0 aliphatic carbocycles. The minimum absolute atomic E-state index is 0.173. The SMILES string of the molecule is Cc1ccnn1-c1ccc(C(=O)N2CCC[C@@H]2[C@H]2CCCN2C)cc1. The second kappa shape index (κ2) is 6.64. The first kappa shape index (κ1) is 16.3. The molecule has 0 spiro atoms. The summed E-state index contributed by atoms with van der Waals surface area (Å²) < 4.78 is 1.89. The highest BCUT2D eigenvalue weighted by molar-refractivity contribution is 5.94. The number of carbonyl (C=O) groups is 1. The number of nitrogens with zero attached hydrogens (tertiary/aromatic N) is 4. The Morgan fingerprint density at radius 3 is 2.40 bits per heavy atom. The molecule has 5 heteroatoms. The normalized spacial score (nSPS) is 24.2. The van der Waals surface area contributed by atoms with Crippen molar-refractivity contribution in [3.63, 3.8) is 0 Å². The maximum Gasteiger partial charge on any atom is 0.254 e. The van der Waals surface area contributed by atoms with Gasteiger partial charge in [0.2, 0.25) is 0 Å². The van der Waals surface area contributed by atoms with Crippen LogP contribution in [-0.2, 0) is 0 Å². The molecular formula is C20H26N4O. The number of benzene rings is 1. The molecule has 0 bridgehead atoms. The Morgan fingerprint density at radius 2 is 1.76 bits per heavy atom. The molecule has 0 saturated carbocycles. The van der Waals surface area contributed by atoms with Crippen LogP contribution in [0.5, 0.6) is 0 Å². The first-order valence-corrected chi connectivity index (χ1v) is 9.27. The van der Waals surface area contributed by atoms with E-state index in [1.165, 1.54) is 12.8 Å². The lowest BCUT2D eigenvalue weighted by Gasteiger charge is -2.33. The molecule has 1 amide bonds. The maximum atomic E-state index is 13.1. The highest BCUT2D eigenvalue weighted by Crippen LogP contribution is 2.30. The Bertz CT molecular complexity index is 751. The molecule has 2 atom stereocenters. The molecular weight excluding hydrogens is 312 g/mol. The molecule has 1 aromatic heterocycles. The fourth-order valence-corrected chi connectivity index (χ4v) is 4.42. The van der Waals surface area contributed by atoms with Crippen molar-refractivity contribution in [2.45, 2.75) is 44.7 Å². The smallest absolute Gasteiger partial charge is 0.254 e. The summed E-state index contributed by atoms with van der Waals surface area (Å²) in [5, 5.41) is 4.33. The van der Waals surface area contributed by atoms with Gasteiger partial charge in [-0.05, 0) is 76.5 Å². The third kappa shape index (κ3) is 2.97. The zero-order valence-electron chi connectivity index (χ0n) is 15.1. The van der Waals surface area contributed by atoms with Crippen LogP contribution in [-0.4, -0.2) is 57.7 Å². The van der Waals surface area contributed by atoms with Gasteiger partial charge in [-0.2, -0.15) is 5.10 Å². The first-order chi connectivity index (χ1) is 12.1. The number of carbonyl (C=O) groups excluding carboxylic acids is 1. The third-order valence-electron chi connectivity index (χ3n) is 5.77. The maximum absolute atomic E-state index is 13.1. The van der Waals surface area contributed by atoms with E-state index in [1.54, 1.807) is 6.20 Å². The van der Waals surface area contributed by atoms with Gasteiger partial charge in [-0.25, -0.2) is 4.68 Å². The van der Waals surface area contributed by atoms with Gasteiger partial charge in [0, 0.05) is 36.1 Å². The van der Waals surface area contributed by atoms with Gasteiger partial charge in [0.05, 0.1) is 5.69 Å². The molecule has 3 heterocycles. The second-order valence-electron chi connectivity index (χ2n) is 7.33. The number of likely N-dealkylation sites (N-methyl/N-ethyl adjacent to an activating group) is 1. The van der Waals surface area contributed by atoms with Crippen LogP contribution in [0.2, 0.25) is 0 Å². The fraction of sp³-hybridized carbons (Fsp3) is 0.500. The van der Waals surface area contributed by atoms with Gasteiger partial charge < -0.3 is 9.80 Å². The molecule has 132 valence electrons. The molecule has 2 aliphatic heterocycles. The molecule has 4 rings (SSSR count). The van der Waals surface area contributed by atoms with Crippen LogP contribution in [0, 0.1) is 6.92 Å². The van der Waals surface area contributed by atoms with E-state index in [9.17, 15) is 4.79 Å². The number of aromatic nitrogens is 2. The third-order valence-corrected chi connectivity index (χ3v) is 5.77. The Balaban J connectivity index is 1.53. The summed E-state index contributed by atoms with van der Waals surface area (Å²) in [5.74, 6) is 0.173. The van der Waals surface area contributed by atoms with E-state index in [0.717, 1.165) is 42.9 Å². The minimum atomic E-state index is 0.173. The topological polar surface area (TPSA) is 41.4 Å². The lowest BCUT2D eigenvalue weighted by atomic mass is 10.0. The lowest BCUT2D eigenvalue weighted by molar-refractivity contribution is 0.0664. The number of likely N-dealkylation sites (tertiary alicyclic amines) is 2. The van der Waals surface area contributed by atoms with Gasteiger partial charge in [-0.15, -0.1) is 0 Å². The summed E-state index contributed by atoms with van der Waals surface area (Å²) in [4.78, 5) is 17.6. The Labute approximate surface area is 149 Å². The second-order valence-corrected chi connectivity index (χ2v) is 7.33. The number of aryl methyl sites for hydroxylation is 1. The molecule has 0 N–H and O–H groups in total. The van der Waals surface area contributed by atoms with E-state index in [2.05, 4.69) is 21.9 Å². The van der Waals surface area contributed by atoms with E-state index in [-0.39, 0.29) is 5.91 Å². The Hall–Kier alpha value is -2.14. The summed E-state index contributed by atoms with van der Waals surface area (Å²) in [5.41, 5.74) is 2.86. The fourth-order valence-electron chi connectivity index (χ4n) is 4.42. The molecule has 0 unspecified atom stereocenters. The Morgan fingerprint density at radius 1 is 1.04 bits per heavy atom. The predicted molar refractivity (Wildman–Crippen MR) is 98.0 cm³/mol. The van der Waals surface area contributed by atoms with Crippen LogP contribution in [0.15, 0.2) is 36.5 Å². The molecule has 2 fully saturated rings. The quantitative estimate of drug-likeness (QED) is 0.864. The number of hydrogen-bond acceptors (Lipinski definition) is 3. The average Bonchev–Trinajstić information content (AvgIpc) is 3.35. The first-order valence-electron chi connectivity index (χ1n) is 9.27. The average molecular weight is 338 g/mol. The van der Waals surface area contributed by atoms with Gasteiger partial charge in [-0.3, -0.25) is 4.79 Å². The van der Waals surface area contributed by atoms with E-state index >= 15 is 0 Å². The van der Waals surface area contributed by atoms with Crippen molar-refractivity contribution in [3.05, 3.63) is 47.8 Å². The van der Waals surface area contributed by atoms with Crippen molar-refractivity contribution in [1.29, 1.82) is 0 Å². The van der Waals surface area contributed by atoms with Gasteiger partial charge in [-0.1, -0.05) is 0 Å². The highest BCUT2D eigenvalue weighted by Gasteiger charge is 2.38. The van der Waals surface area contributed by atoms with Crippen LogP contribution in [0.4, 0.5) is 0 Å². The van der Waals surface area contributed by atoms with Crippen LogP contribution < -0.4 is 0 Å². The Kier molecular flexibility index (Phi) is 4.34. The van der Waals surface area contributed by atoms with Crippen molar-refractivity contribution in [2.24, 2.45) is 0 Å². The summed E-state index contributed by atoms with van der Waals surface area (Å²) >= 11 is 0. The molecule has 0 radical (unpaired) electrons. The highest BCUT2D eigenvalue weighted by atomic mass is 16.2. The van der Waals surface area contributed by atoms with Crippen molar-refractivity contribution in [2.75, 3.05) is 20.1 Å². The van der Waals surface area contributed by atoms with E-state index in [0.29, 0.717) is 12.1 Å². The number of rotatable bonds is 3. The van der Waals surface area contributed by atoms with Crippen molar-refractivity contribution in [1.82, 2.24) is 19.6 Å². The molecule has 5 nitrogen and oxygen atoms in total. The van der Waals surface area contributed by atoms with Crippen LogP contribution in [0.1, 0.15) is 41.7 Å². The van der Waals surface area contributed by atoms with Crippen LogP contribution in [0.3, 0.4) is 0 Å². The molecule has 2 aromatic rings. The molecule has 25 heavy (non-hydrogen) atoms. The van der Waals surface area contributed by atoms with Gasteiger partial charge >= 0.3 is 0 Å². The standard InChI is InChI=1S/C20H26N4O/c1-15-11-12-21-24(15)17-9-7-16(8-10-17)20(25)23-14-4-6-19(23)18-5-3-13-22(18)2/h7-12,18-19H,3-6,13-14H2,1-2H3/t18-,19-/m1/s1. The minimum Gasteiger partial charge on any atom is -0.334 e. The molecule has 2 aliphatic rings.